The number of hydrogen-bond donors (Lipinski definition) is 1. The molecule has 0 amide bonds. The summed E-state index contributed by atoms with van der Waals surface area (Å²) in [5.41, 5.74) is 2.17. The molecule has 1 unspecified atom stereocenters. The summed E-state index contributed by atoms with van der Waals surface area (Å²) < 4.78 is 11.0. The fourth-order valence-corrected chi connectivity index (χ4v) is 2.19. The number of aryl methyl sites for hydroxylation is 1. The second-order valence-electron chi connectivity index (χ2n) is 4.84. The third-order valence-electron chi connectivity index (χ3n) is 3.41. The number of rotatable bonds is 6. The fourth-order valence-electron chi connectivity index (χ4n) is 2.07. The van der Waals surface area contributed by atoms with E-state index in [0.29, 0.717) is 6.61 Å². The van der Waals surface area contributed by atoms with Crippen LogP contribution in [0.2, 0.25) is 5.02 Å². The second kappa shape index (κ2) is 7.34. The Morgan fingerprint density at radius 3 is 2.33 bits per heavy atom. The minimum Gasteiger partial charge on any atom is -0.497 e. The normalized spacial score (nSPS) is 12.0. The van der Waals surface area contributed by atoms with Crippen LogP contribution < -0.4 is 14.8 Å². The minimum absolute atomic E-state index is 0.117. The molecule has 0 aliphatic heterocycles. The second-order valence-corrected chi connectivity index (χ2v) is 5.24. The molecule has 2 aromatic carbocycles. The number of halogens is 1. The molecule has 1 N–H and O–H groups in total. The van der Waals surface area contributed by atoms with Crippen LogP contribution in [-0.2, 0) is 0 Å². The Labute approximate surface area is 130 Å². The summed E-state index contributed by atoms with van der Waals surface area (Å²) in [5, 5.41) is 4.01. The van der Waals surface area contributed by atoms with Gasteiger partial charge in [-0.15, -0.1) is 0 Å². The summed E-state index contributed by atoms with van der Waals surface area (Å²) in [6, 6.07) is 13.8. The zero-order valence-electron chi connectivity index (χ0n) is 12.5. The maximum atomic E-state index is 6.02. The van der Waals surface area contributed by atoms with Crippen molar-refractivity contribution >= 4 is 11.6 Å². The van der Waals surface area contributed by atoms with Gasteiger partial charge in [0.1, 0.15) is 18.1 Å². The molecule has 0 radical (unpaired) electrons. The summed E-state index contributed by atoms with van der Waals surface area (Å²) in [5.74, 6) is 1.67. The number of methoxy groups -OCH3 is 1. The van der Waals surface area contributed by atoms with E-state index in [-0.39, 0.29) is 6.04 Å². The first-order valence-electron chi connectivity index (χ1n) is 6.84. The fraction of sp³-hybridized carbons (Fsp3) is 0.294. The standard InChI is InChI=1S/C17H20ClNO2/c1-12-10-15(8-9-16(12)18)21-11-17(19-2)13-4-6-14(20-3)7-5-13/h4-10,17,19H,11H2,1-3H3. The van der Waals surface area contributed by atoms with Gasteiger partial charge in [0, 0.05) is 5.02 Å². The molecule has 0 aliphatic rings. The Morgan fingerprint density at radius 2 is 1.76 bits per heavy atom. The third kappa shape index (κ3) is 4.13. The van der Waals surface area contributed by atoms with Crippen molar-refractivity contribution in [1.82, 2.24) is 5.32 Å². The maximum absolute atomic E-state index is 6.02. The van der Waals surface area contributed by atoms with E-state index in [2.05, 4.69) is 5.32 Å². The molecule has 0 heterocycles. The van der Waals surface area contributed by atoms with Gasteiger partial charge >= 0.3 is 0 Å². The van der Waals surface area contributed by atoms with E-state index in [4.69, 9.17) is 21.1 Å². The zero-order valence-corrected chi connectivity index (χ0v) is 13.3. The quantitative estimate of drug-likeness (QED) is 0.875. The predicted octanol–water partition coefficient (Wildman–Crippen LogP) is 4.00. The molecule has 2 aromatic rings. The average Bonchev–Trinajstić information content (AvgIpc) is 2.52. The van der Waals surface area contributed by atoms with Crippen molar-refractivity contribution < 1.29 is 9.47 Å². The molecule has 112 valence electrons. The van der Waals surface area contributed by atoms with Crippen LogP contribution in [0.5, 0.6) is 11.5 Å². The van der Waals surface area contributed by atoms with Crippen molar-refractivity contribution in [1.29, 1.82) is 0 Å². The summed E-state index contributed by atoms with van der Waals surface area (Å²) in [6.45, 7) is 2.51. The third-order valence-corrected chi connectivity index (χ3v) is 3.84. The maximum Gasteiger partial charge on any atom is 0.119 e. The highest BCUT2D eigenvalue weighted by Crippen LogP contribution is 2.23. The number of benzene rings is 2. The first kappa shape index (κ1) is 15.7. The zero-order chi connectivity index (χ0) is 15.2. The van der Waals surface area contributed by atoms with Crippen LogP contribution in [-0.4, -0.2) is 20.8 Å². The minimum atomic E-state index is 0.117. The first-order valence-corrected chi connectivity index (χ1v) is 7.22. The lowest BCUT2D eigenvalue weighted by molar-refractivity contribution is 0.273. The van der Waals surface area contributed by atoms with Crippen molar-refractivity contribution in [3.8, 4) is 11.5 Å². The van der Waals surface area contributed by atoms with Crippen LogP contribution in [0.25, 0.3) is 0 Å². The summed E-state index contributed by atoms with van der Waals surface area (Å²) in [7, 11) is 3.59. The Bertz CT molecular complexity index is 584. The van der Waals surface area contributed by atoms with Gasteiger partial charge in [0.25, 0.3) is 0 Å². The van der Waals surface area contributed by atoms with Gasteiger partial charge < -0.3 is 14.8 Å². The topological polar surface area (TPSA) is 30.5 Å². The molecule has 0 aromatic heterocycles. The molecule has 0 spiro atoms. The highest BCUT2D eigenvalue weighted by molar-refractivity contribution is 6.31. The van der Waals surface area contributed by atoms with Crippen molar-refractivity contribution in [3.63, 3.8) is 0 Å². The molecular formula is C17H20ClNO2. The molecular weight excluding hydrogens is 286 g/mol. The molecule has 0 aliphatic carbocycles. The number of likely N-dealkylation sites (N-methyl/N-ethyl adjacent to an activating group) is 1. The molecule has 0 fully saturated rings. The number of nitrogens with one attached hydrogen (secondary N) is 1. The lowest BCUT2D eigenvalue weighted by Crippen LogP contribution is -2.23. The summed E-state index contributed by atoms with van der Waals surface area (Å²) in [4.78, 5) is 0. The van der Waals surface area contributed by atoms with Crippen molar-refractivity contribution in [2.75, 3.05) is 20.8 Å². The van der Waals surface area contributed by atoms with Crippen LogP contribution in [0.3, 0.4) is 0 Å². The molecule has 0 saturated heterocycles. The largest absolute Gasteiger partial charge is 0.497 e. The van der Waals surface area contributed by atoms with E-state index in [1.807, 2.05) is 56.4 Å². The Hall–Kier alpha value is -1.71. The van der Waals surface area contributed by atoms with Crippen LogP contribution in [0.4, 0.5) is 0 Å². The Balaban J connectivity index is 2.02. The van der Waals surface area contributed by atoms with E-state index in [1.165, 1.54) is 0 Å². The van der Waals surface area contributed by atoms with E-state index in [9.17, 15) is 0 Å². The molecule has 0 saturated carbocycles. The molecule has 4 heteroatoms. The lowest BCUT2D eigenvalue weighted by Gasteiger charge is -2.18. The highest BCUT2D eigenvalue weighted by Gasteiger charge is 2.10. The van der Waals surface area contributed by atoms with Crippen molar-refractivity contribution in [3.05, 3.63) is 58.6 Å². The molecule has 0 bridgehead atoms. The molecule has 2 rings (SSSR count). The van der Waals surface area contributed by atoms with E-state index < -0.39 is 0 Å². The van der Waals surface area contributed by atoms with Gasteiger partial charge in [0.2, 0.25) is 0 Å². The van der Waals surface area contributed by atoms with Gasteiger partial charge in [-0.1, -0.05) is 23.7 Å². The first-order chi connectivity index (χ1) is 10.1. The van der Waals surface area contributed by atoms with Gasteiger partial charge in [-0.05, 0) is 55.4 Å². The number of hydrogen-bond acceptors (Lipinski definition) is 3. The van der Waals surface area contributed by atoms with Gasteiger partial charge in [-0.3, -0.25) is 0 Å². The molecule has 21 heavy (non-hydrogen) atoms. The van der Waals surface area contributed by atoms with E-state index in [1.54, 1.807) is 7.11 Å². The average molecular weight is 306 g/mol. The SMILES string of the molecule is CNC(COc1ccc(Cl)c(C)c1)c1ccc(OC)cc1. The monoisotopic (exact) mass is 305 g/mol. The van der Waals surface area contributed by atoms with Gasteiger partial charge in [-0.25, -0.2) is 0 Å². The van der Waals surface area contributed by atoms with Gasteiger partial charge in [-0.2, -0.15) is 0 Å². The van der Waals surface area contributed by atoms with Crippen LogP contribution >= 0.6 is 11.6 Å². The lowest BCUT2D eigenvalue weighted by atomic mass is 10.1. The summed E-state index contributed by atoms with van der Waals surface area (Å²) in [6.07, 6.45) is 0. The van der Waals surface area contributed by atoms with Crippen molar-refractivity contribution in [2.24, 2.45) is 0 Å². The molecule has 1 atom stereocenters. The molecule has 3 nitrogen and oxygen atoms in total. The van der Waals surface area contributed by atoms with Crippen LogP contribution in [0.15, 0.2) is 42.5 Å². The van der Waals surface area contributed by atoms with E-state index >= 15 is 0 Å². The van der Waals surface area contributed by atoms with Crippen LogP contribution in [0.1, 0.15) is 17.2 Å². The Kier molecular flexibility index (Phi) is 5.48. The van der Waals surface area contributed by atoms with Gasteiger partial charge in [0.15, 0.2) is 0 Å². The van der Waals surface area contributed by atoms with Crippen molar-refractivity contribution in [2.45, 2.75) is 13.0 Å². The number of ether oxygens (including phenoxy) is 2. The van der Waals surface area contributed by atoms with Crippen LogP contribution in [0, 0.1) is 6.92 Å². The Morgan fingerprint density at radius 1 is 1.10 bits per heavy atom. The van der Waals surface area contributed by atoms with E-state index in [0.717, 1.165) is 27.6 Å². The predicted molar refractivity (Wildman–Crippen MR) is 86.5 cm³/mol. The van der Waals surface area contributed by atoms with Gasteiger partial charge in [0.05, 0.1) is 13.2 Å². The smallest absolute Gasteiger partial charge is 0.119 e. The summed E-state index contributed by atoms with van der Waals surface area (Å²) >= 11 is 6.02. The highest BCUT2D eigenvalue weighted by atomic mass is 35.5.